The first-order valence-electron chi connectivity index (χ1n) is 10.8. The molecule has 0 aliphatic carbocycles. The lowest BCUT2D eigenvalue weighted by Gasteiger charge is -2.19. The third-order valence-electron chi connectivity index (χ3n) is 5.36. The van der Waals surface area contributed by atoms with Crippen molar-refractivity contribution in [2.45, 2.75) is 12.5 Å². The number of pyridine rings is 1. The number of amides is 1. The Hall–Kier alpha value is -4.35. The van der Waals surface area contributed by atoms with Gasteiger partial charge in [-0.1, -0.05) is 42.5 Å². The molecule has 1 atom stereocenters. The summed E-state index contributed by atoms with van der Waals surface area (Å²) in [6, 6.07) is 19.3. The maximum Gasteiger partial charge on any atom is 0.247 e. The lowest BCUT2D eigenvalue weighted by Crippen LogP contribution is -2.34. The van der Waals surface area contributed by atoms with Crippen molar-refractivity contribution in [3.05, 3.63) is 102 Å². The van der Waals surface area contributed by atoms with Crippen LogP contribution in [-0.2, 0) is 18.3 Å². The summed E-state index contributed by atoms with van der Waals surface area (Å²) in [4.78, 5) is 17.3. The number of hydrogen-bond acceptors (Lipinski definition) is 5. The normalized spacial score (nSPS) is 11.6. The summed E-state index contributed by atoms with van der Waals surface area (Å²) in [6.07, 6.45) is 5.32. The van der Waals surface area contributed by atoms with Crippen molar-refractivity contribution in [2.75, 3.05) is 11.9 Å². The van der Waals surface area contributed by atoms with Gasteiger partial charge in [-0.2, -0.15) is 10.4 Å². The number of hydrogen-bond donors (Lipinski definition) is 2. The number of halogens is 1. The zero-order valence-corrected chi connectivity index (χ0v) is 18.6. The third kappa shape index (κ3) is 5.52. The monoisotopic (exact) mass is 454 g/mol. The van der Waals surface area contributed by atoms with Crippen LogP contribution >= 0.6 is 0 Å². The van der Waals surface area contributed by atoms with Gasteiger partial charge in [0.2, 0.25) is 5.91 Å². The van der Waals surface area contributed by atoms with Gasteiger partial charge in [-0.05, 0) is 29.7 Å². The van der Waals surface area contributed by atoms with Crippen LogP contribution in [0.4, 0.5) is 10.2 Å². The molecule has 1 amide bonds. The molecule has 7 nitrogen and oxygen atoms in total. The Morgan fingerprint density at radius 3 is 2.56 bits per heavy atom. The molecule has 8 heteroatoms. The highest BCUT2D eigenvalue weighted by molar-refractivity contribution is 5.95. The minimum Gasteiger partial charge on any atom is -0.309 e. The van der Waals surface area contributed by atoms with Crippen LogP contribution in [0.2, 0.25) is 0 Å². The van der Waals surface area contributed by atoms with E-state index in [-0.39, 0.29) is 11.7 Å². The fraction of sp³-hybridized carbons (Fsp3) is 0.154. The molecule has 170 valence electrons. The van der Waals surface area contributed by atoms with Gasteiger partial charge in [0.1, 0.15) is 17.7 Å². The largest absolute Gasteiger partial charge is 0.309 e. The maximum absolute atomic E-state index is 14.7. The molecule has 2 aromatic carbocycles. The van der Waals surface area contributed by atoms with Crippen molar-refractivity contribution in [2.24, 2.45) is 7.05 Å². The van der Waals surface area contributed by atoms with Gasteiger partial charge in [-0.3, -0.25) is 9.48 Å². The summed E-state index contributed by atoms with van der Waals surface area (Å²) in [5.41, 5.74) is 3.36. The molecule has 0 fully saturated rings. The van der Waals surface area contributed by atoms with Crippen LogP contribution in [0.25, 0.3) is 11.1 Å². The van der Waals surface area contributed by atoms with E-state index in [0.29, 0.717) is 29.7 Å². The van der Waals surface area contributed by atoms with Crippen LogP contribution < -0.4 is 10.6 Å². The number of nitrogens with zero attached hydrogens (tertiary/aromatic N) is 4. The lowest BCUT2D eigenvalue weighted by molar-refractivity contribution is -0.118. The van der Waals surface area contributed by atoms with E-state index in [9.17, 15) is 9.18 Å². The quantitative estimate of drug-likeness (QED) is 0.420. The van der Waals surface area contributed by atoms with Gasteiger partial charge in [-0.25, -0.2) is 9.37 Å². The van der Waals surface area contributed by atoms with Crippen LogP contribution in [0.1, 0.15) is 22.7 Å². The van der Waals surface area contributed by atoms with Crippen LogP contribution in [0, 0.1) is 17.1 Å². The van der Waals surface area contributed by atoms with Crippen molar-refractivity contribution in [3.8, 4) is 17.2 Å². The number of nitriles is 1. The van der Waals surface area contributed by atoms with E-state index >= 15 is 0 Å². The number of carbonyl (C=O) groups excluding carboxylic acids is 1. The van der Waals surface area contributed by atoms with E-state index in [0.717, 1.165) is 11.1 Å². The highest BCUT2D eigenvalue weighted by atomic mass is 19.1. The Labute approximate surface area is 196 Å². The molecule has 2 N–H and O–H groups in total. The average molecular weight is 455 g/mol. The fourth-order valence-corrected chi connectivity index (χ4v) is 3.58. The Balaban J connectivity index is 1.46. The molecule has 0 saturated carbocycles. The fourth-order valence-electron chi connectivity index (χ4n) is 3.58. The zero-order valence-electron chi connectivity index (χ0n) is 18.6. The first-order valence-corrected chi connectivity index (χ1v) is 10.8. The van der Waals surface area contributed by atoms with Crippen molar-refractivity contribution in [1.29, 1.82) is 5.26 Å². The molecule has 0 unspecified atom stereocenters. The molecular weight excluding hydrogens is 431 g/mol. The molecule has 0 aliphatic heterocycles. The SMILES string of the molecule is Cn1cc(-c2cnc(NC(=O)[C@@H](NCCc3ccc(C#N)cc3)c3ccccc3)cc2F)cn1. The van der Waals surface area contributed by atoms with Crippen LogP contribution in [0.5, 0.6) is 0 Å². The minimum absolute atomic E-state index is 0.130. The molecule has 0 bridgehead atoms. The highest BCUT2D eigenvalue weighted by Crippen LogP contribution is 2.23. The molecule has 4 rings (SSSR count). The molecule has 34 heavy (non-hydrogen) atoms. The topological polar surface area (TPSA) is 95.6 Å². The van der Waals surface area contributed by atoms with Crippen molar-refractivity contribution in [1.82, 2.24) is 20.1 Å². The number of carbonyl (C=O) groups is 1. The van der Waals surface area contributed by atoms with Crippen LogP contribution in [-0.4, -0.2) is 27.2 Å². The Morgan fingerprint density at radius 1 is 1.15 bits per heavy atom. The Morgan fingerprint density at radius 2 is 1.91 bits per heavy atom. The Bertz CT molecular complexity index is 1310. The summed E-state index contributed by atoms with van der Waals surface area (Å²) in [6.45, 7) is 0.528. The van der Waals surface area contributed by atoms with Gasteiger partial charge < -0.3 is 10.6 Å². The van der Waals surface area contributed by atoms with Crippen LogP contribution in [0.15, 0.2) is 79.3 Å². The van der Waals surface area contributed by atoms with Gasteiger partial charge in [0.15, 0.2) is 0 Å². The smallest absolute Gasteiger partial charge is 0.247 e. The summed E-state index contributed by atoms with van der Waals surface area (Å²) < 4.78 is 16.3. The molecule has 0 saturated heterocycles. The molecule has 0 spiro atoms. The van der Waals surface area contributed by atoms with Crippen molar-refractivity contribution >= 4 is 11.7 Å². The average Bonchev–Trinajstić information content (AvgIpc) is 3.28. The second kappa shape index (κ2) is 10.5. The van der Waals surface area contributed by atoms with E-state index in [1.165, 1.54) is 12.3 Å². The second-order valence-electron chi connectivity index (χ2n) is 7.80. The van der Waals surface area contributed by atoms with E-state index in [1.54, 1.807) is 36.3 Å². The Kier molecular flexibility index (Phi) is 7.06. The van der Waals surface area contributed by atoms with Gasteiger partial charge in [-0.15, -0.1) is 0 Å². The second-order valence-corrected chi connectivity index (χ2v) is 7.80. The molecule has 2 heterocycles. The number of nitrogens with one attached hydrogen (secondary N) is 2. The molecule has 0 aliphatic rings. The molecule has 2 aromatic heterocycles. The molecular formula is C26H23FN6O. The van der Waals surface area contributed by atoms with E-state index in [1.807, 2.05) is 42.5 Å². The van der Waals surface area contributed by atoms with Crippen molar-refractivity contribution in [3.63, 3.8) is 0 Å². The number of anilines is 1. The standard InChI is InChI=1S/C26H23FN6O/c1-33-17-21(15-31-33)22-16-30-24(13-23(22)27)32-26(34)25(20-5-3-2-4-6-20)29-12-11-18-7-9-19(14-28)10-8-18/h2-10,13,15-17,25,29H,11-12H2,1H3,(H,30,32,34)/t25-/m0/s1. The van der Waals surface area contributed by atoms with E-state index in [4.69, 9.17) is 5.26 Å². The summed E-state index contributed by atoms with van der Waals surface area (Å²) >= 11 is 0. The maximum atomic E-state index is 14.7. The van der Waals surface area contributed by atoms with E-state index < -0.39 is 11.9 Å². The number of aryl methyl sites for hydroxylation is 1. The first kappa shape index (κ1) is 22.8. The van der Waals surface area contributed by atoms with Crippen LogP contribution in [0.3, 0.4) is 0 Å². The number of aromatic nitrogens is 3. The van der Waals surface area contributed by atoms with Gasteiger partial charge >= 0.3 is 0 Å². The first-order chi connectivity index (χ1) is 16.5. The lowest BCUT2D eigenvalue weighted by atomic mass is 10.0. The zero-order chi connectivity index (χ0) is 23.9. The highest BCUT2D eigenvalue weighted by Gasteiger charge is 2.21. The summed E-state index contributed by atoms with van der Waals surface area (Å²) in [5.74, 6) is -0.708. The van der Waals surface area contributed by atoms with Gasteiger partial charge in [0, 0.05) is 43.2 Å². The predicted octanol–water partition coefficient (Wildman–Crippen LogP) is 4.00. The molecule has 4 aromatic rings. The molecule has 0 radical (unpaired) electrons. The van der Waals surface area contributed by atoms with Gasteiger partial charge in [0.25, 0.3) is 0 Å². The van der Waals surface area contributed by atoms with Crippen molar-refractivity contribution < 1.29 is 9.18 Å². The number of rotatable bonds is 8. The minimum atomic E-state index is -0.651. The number of benzene rings is 2. The van der Waals surface area contributed by atoms with E-state index in [2.05, 4.69) is 26.8 Å². The summed E-state index contributed by atoms with van der Waals surface area (Å²) in [5, 5.41) is 19.0. The third-order valence-corrected chi connectivity index (χ3v) is 5.36. The van der Waals surface area contributed by atoms with Gasteiger partial charge in [0.05, 0.1) is 17.8 Å². The summed E-state index contributed by atoms with van der Waals surface area (Å²) in [7, 11) is 1.75. The predicted molar refractivity (Wildman–Crippen MR) is 127 cm³/mol.